The summed E-state index contributed by atoms with van der Waals surface area (Å²) in [6, 6.07) is 9.89. The van der Waals surface area contributed by atoms with Gasteiger partial charge in [-0.15, -0.1) is 0 Å². The summed E-state index contributed by atoms with van der Waals surface area (Å²) < 4.78 is 12.6. The van der Waals surface area contributed by atoms with Gasteiger partial charge >= 0.3 is 0 Å². The fourth-order valence-corrected chi connectivity index (χ4v) is 4.07. The molecule has 0 radical (unpaired) electrons. The Bertz CT molecular complexity index is 1080. The number of nitrogens with zero attached hydrogens (tertiary/aromatic N) is 4. The van der Waals surface area contributed by atoms with Gasteiger partial charge in [0, 0.05) is 18.7 Å². The second-order valence-corrected chi connectivity index (χ2v) is 7.77. The maximum Gasteiger partial charge on any atom is 0.266 e. The van der Waals surface area contributed by atoms with E-state index in [1.165, 1.54) is 26.5 Å². The van der Waals surface area contributed by atoms with Gasteiger partial charge in [0.25, 0.3) is 5.56 Å². The number of aromatic nitrogens is 3. The van der Waals surface area contributed by atoms with Crippen LogP contribution in [0.3, 0.4) is 0 Å². The van der Waals surface area contributed by atoms with Crippen LogP contribution in [-0.2, 0) is 0 Å². The van der Waals surface area contributed by atoms with Crippen LogP contribution in [0.4, 0.5) is 0 Å². The normalized spacial score (nSPS) is 16.8. The molecule has 0 unspecified atom stereocenters. The van der Waals surface area contributed by atoms with Crippen LogP contribution in [0.15, 0.2) is 41.3 Å². The minimum atomic E-state index is -0.147. The highest BCUT2D eigenvalue weighted by molar-refractivity contribution is 5.78. The molecule has 158 valence electrons. The summed E-state index contributed by atoms with van der Waals surface area (Å²) in [5.74, 6) is 1.80. The highest BCUT2D eigenvalue weighted by atomic mass is 16.5. The standard InChI is InChI=1S/C23H28N4O3/c1-16-6-4-11-26(16)12-5-13-30-19-9-7-18(8-10-19)27-17(2)25-21-15-24-22(29-3)14-20(21)23(27)28/h7-10,14-16H,4-6,11-13H2,1-3H3/t16-/m1/s1. The van der Waals surface area contributed by atoms with Crippen LogP contribution in [0.1, 0.15) is 32.0 Å². The largest absolute Gasteiger partial charge is 0.494 e. The minimum absolute atomic E-state index is 0.147. The number of rotatable bonds is 7. The summed E-state index contributed by atoms with van der Waals surface area (Å²) in [6.45, 7) is 7.08. The Labute approximate surface area is 176 Å². The number of methoxy groups -OCH3 is 1. The first kappa shape index (κ1) is 20.3. The van der Waals surface area contributed by atoms with Crippen LogP contribution in [0.2, 0.25) is 0 Å². The first-order chi connectivity index (χ1) is 14.6. The average Bonchev–Trinajstić information content (AvgIpc) is 3.16. The Balaban J connectivity index is 1.47. The fourth-order valence-electron chi connectivity index (χ4n) is 4.07. The van der Waals surface area contributed by atoms with E-state index in [9.17, 15) is 4.79 Å². The first-order valence-electron chi connectivity index (χ1n) is 10.5. The van der Waals surface area contributed by atoms with Crippen molar-refractivity contribution in [1.29, 1.82) is 0 Å². The third kappa shape index (κ3) is 4.16. The topological polar surface area (TPSA) is 69.5 Å². The van der Waals surface area contributed by atoms with Crippen LogP contribution < -0.4 is 15.0 Å². The molecule has 0 amide bonds. The lowest BCUT2D eigenvalue weighted by atomic mass is 10.2. The van der Waals surface area contributed by atoms with Crippen molar-refractivity contribution in [2.24, 2.45) is 0 Å². The van der Waals surface area contributed by atoms with Gasteiger partial charge in [0.2, 0.25) is 5.88 Å². The number of benzene rings is 1. The third-order valence-electron chi connectivity index (χ3n) is 5.75. The van der Waals surface area contributed by atoms with E-state index >= 15 is 0 Å². The molecular weight excluding hydrogens is 380 g/mol. The van der Waals surface area contributed by atoms with Gasteiger partial charge < -0.3 is 14.4 Å². The lowest BCUT2D eigenvalue weighted by Crippen LogP contribution is -2.28. The highest BCUT2D eigenvalue weighted by Gasteiger charge is 2.19. The SMILES string of the molecule is COc1cc2c(=O)n(-c3ccc(OCCCN4CCC[C@H]4C)cc3)c(C)nc2cn1. The Kier molecular flexibility index (Phi) is 5.99. The maximum absolute atomic E-state index is 13.1. The van der Waals surface area contributed by atoms with Crippen molar-refractivity contribution in [3.05, 3.63) is 52.7 Å². The predicted molar refractivity (Wildman–Crippen MR) is 117 cm³/mol. The molecule has 0 bridgehead atoms. The molecule has 0 spiro atoms. The van der Waals surface area contributed by atoms with E-state index in [0.29, 0.717) is 35.3 Å². The van der Waals surface area contributed by atoms with E-state index in [1.54, 1.807) is 16.8 Å². The molecule has 0 saturated carbocycles. The molecule has 0 N–H and O–H groups in total. The second-order valence-electron chi connectivity index (χ2n) is 7.77. The quantitative estimate of drug-likeness (QED) is 0.559. The zero-order valence-corrected chi connectivity index (χ0v) is 17.8. The molecule has 30 heavy (non-hydrogen) atoms. The molecule has 7 nitrogen and oxygen atoms in total. The van der Waals surface area contributed by atoms with E-state index < -0.39 is 0 Å². The van der Waals surface area contributed by atoms with Gasteiger partial charge in [-0.3, -0.25) is 9.36 Å². The monoisotopic (exact) mass is 408 g/mol. The summed E-state index contributed by atoms with van der Waals surface area (Å²) in [4.78, 5) is 24.3. The van der Waals surface area contributed by atoms with E-state index in [0.717, 1.165) is 24.4 Å². The summed E-state index contributed by atoms with van der Waals surface area (Å²) in [5.41, 5.74) is 1.16. The molecule has 1 aliphatic rings. The number of fused-ring (bicyclic) bond motifs is 1. The summed E-state index contributed by atoms with van der Waals surface area (Å²) in [5, 5.41) is 0.476. The van der Waals surface area contributed by atoms with Crippen molar-refractivity contribution in [1.82, 2.24) is 19.4 Å². The van der Waals surface area contributed by atoms with Gasteiger partial charge in [-0.05, 0) is 63.9 Å². The van der Waals surface area contributed by atoms with Gasteiger partial charge in [-0.25, -0.2) is 9.97 Å². The number of hydrogen-bond donors (Lipinski definition) is 0. The van der Waals surface area contributed by atoms with E-state index in [1.807, 2.05) is 31.2 Å². The van der Waals surface area contributed by atoms with Crippen molar-refractivity contribution >= 4 is 10.9 Å². The van der Waals surface area contributed by atoms with Gasteiger partial charge in [0.05, 0.1) is 36.5 Å². The predicted octanol–water partition coefficient (Wildman–Crippen LogP) is 3.35. The van der Waals surface area contributed by atoms with E-state index in [4.69, 9.17) is 9.47 Å². The van der Waals surface area contributed by atoms with Gasteiger partial charge in [-0.1, -0.05) is 0 Å². The van der Waals surface area contributed by atoms with Crippen molar-refractivity contribution in [2.45, 2.75) is 39.2 Å². The highest BCUT2D eigenvalue weighted by Crippen LogP contribution is 2.19. The molecule has 1 atom stereocenters. The summed E-state index contributed by atoms with van der Waals surface area (Å²) in [7, 11) is 1.53. The fraction of sp³-hybridized carbons (Fsp3) is 0.435. The smallest absolute Gasteiger partial charge is 0.266 e. The van der Waals surface area contributed by atoms with Crippen LogP contribution in [0, 0.1) is 6.92 Å². The van der Waals surface area contributed by atoms with Crippen molar-refractivity contribution in [3.8, 4) is 17.3 Å². The molecule has 3 aromatic rings. The molecule has 7 heteroatoms. The lowest BCUT2D eigenvalue weighted by molar-refractivity contribution is 0.230. The number of aryl methyl sites for hydroxylation is 1. The van der Waals surface area contributed by atoms with Crippen LogP contribution in [-0.4, -0.2) is 52.3 Å². The van der Waals surface area contributed by atoms with Crippen molar-refractivity contribution in [2.75, 3.05) is 26.8 Å². The van der Waals surface area contributed by atoms with Crippen LogP contribution in [0.25, 0.3) is 16.6 Å². The molecule has 1 saturated heterocycles. The van der Waals surface area contributed by atoms with E-state index in [-0.39, 0.29) is 5.56 Å². The van der Waals surface area contributed by atoms with Gasteiger partial charge in [0.1, 0.15) is 11.6 Å². The maximum atomic E-state index is 13.1. The summed E-state index contributed by atoms with van der Waals surface area (Å²) >= 11 is 0. The number of likely N-dealkylation sites (tertiary alicyclic amines) is 1. The lowest BCUT2D eigenvalue weighted by Gasteiger charge is -2.20. The van der Waals surface area contributed by atoms with E-state index in [2.05, 4.69) is 21.8 Å². The Morgan fingerprint density at radius 2 is 2.03 bits per heavy atom. The molecule has 4 rings (SSSR count). The molecule has 1 fully saturated rings. The molecule has 2 aromatic heterocycles. The molecule has 0 aliphatic carbocycles. The Hall–Kier alpha value is -2.93. The Morgan fingerprint density at radius 1 is 1.23 bits per heavy atom. The molecule has 3 heterocycles. The zero-order valence-electron chi connectivity index (χ0n) is 17.8. The van der Waals surface area contributed by atoms with Gasteiger partial charge in [0.15, 0.2) is 0 Å². The second kappa shape index (κ2) is 8.83. The Morgan fingerprint density at radius 3 is 2.73 bits per heavy atom. The van der Waals surface area contributed by atoms with Crippen molar-refractivity contribution in [3.63, 3.8) is 0 Å². The zero-order chi connectivity index (χ0) is 21.1. The molecule has 1 aromatic carbocycles. The van der Waals surface area contributed by atoms with Crippen molar-refractivity contribution < 1.29 is 9.47 Å². The number of pyridine rings is 1. The third-order valence-corrected chi connectivity index (χ3v) is 5.75. The molecule has 1 aliphatic heterocycles. The van der Waals surface area contributed by atoms with Crippen LogP contribution >= 0.6 is 0 Å². The molecular formula is C23H28N4O3. The minimum Gasteiger partial charge on any atom is -0.494 e. The van der Waals surface area contributed by atoms with Crippen LogP contribution in [0.5, 0.6) is 11.6 Å². The average molecular weight is 409 g/mol. The number of hydrogen-bond acceptors (Lipinski definition) is 6. The summed E-state index contributed by atoms with van der Waals surface area (Å²) in [6.07, 6.45) is 5.17. The first-order valence-corrected chi connectivity index (χ1v) is 10.5. The van der Waals surface area contributed by atoms with Gasteiger partial charge in [-0.2, -0.15) is 0 Å². The number of ether oxygens (including phenoxy) is 2.